The van der Waals surface area contributed by atoms with Gasteiger partial charge in [-0.15, -0.1) is 10.2 Å². The van der Waals surface area contributed by atoms with Crippen LogP contribution in [0.25, 0.3) is 17.1 Å². The predicted molar refractivity (Wildman–Crippen MR) is 130 cm³/mol. The molecular formula is C25H23FN4O3S. The first-order valence-corrected chi connectivity index (χ1v) is 11.3. The number of halogens is 1. The molecule has 9 heteroatoms. The van der Waals surface area contributed by atoms with Gasteiger partial charge in [0.2, 0.25) is 5.91 Å². The molecule has 1 N–H and O–H groups in total. The van der Waals surface area contributed by atoms with Gasteiger partial charge in [0, 0.05) is 5.69 Å². The van der Waals surface area contributed by atoms with Crippen molar-refractivity contribution in [2.45, 2.75) is 17.3 Å². The largest absolute Gasteiger partial charge is 0.497 e. The fourth-order valence-electron chi connectivity index (χ4n) is 3.34. The first-order valence-electron chi connectivity index (χ1n) is 10.5. The summed E-state index contributed by atoms with van der Waals surface area (Å²) in [7, 11) is 3.20. The van der Waals surface area contributed by atoms with Crippen LogP contribution in [0.5, 0.6) is 11.5 Å². The normalized spacial score (nSPS) is 11.6. The zero-order chi connectivity index (χ0) is 24.1. The summed E-state index contributed by atoms with van der Waals surface area (Å²) in [5, 5.41) is 11.5. The third-order valence-electron chi connectivity index (χ3n) is 5.06. The summed E-state index contributed by atoms with van der Waals surface area (Å²) in [6.45, 7) is 1.76. The summed E-state index contributed by atoms with van der Waals surface area (Å²) in [6.07, 6.45) is 0. The van der Waals surface area contributed by atoms with E-state index in [1.165, 1.54) is 23.9 Å². The van der Waals surface area contributed by atoms with Gasteiger partial charge in [-0.1, -0.05) is 30.0 Å². The van der Waals surface area contributed by atoms with Crippen LogP contribution in [0, 0.1) is 5.82 Å². The molecule has 1 amide bonds. The molecule has 0 fully saturated rings. The number of anilines is 1. The molecule has 0 radical (unpaired) electrons. The molecule has 1 aromatic heterocycles. The first-order chi connectivity index (χ1) is 16.5. The maximum absolute atomic E-state index is 13.5. The molecule has 0 spiro atoms. The van der Waals surface area contributed by atoms with Crippen LogP contribution in [0.4, 0.5) is 10.1 Å². The Morgan fingerprint density at radius 3 is 2.47 bits per heavy atom. The van der Waals surface area contributed by atoms with Gasteiger partial charge in [-0.3, -0.25) is 9.36 Å². The highest BCUT2D eigenvalue weighted by molar-refractivity contribution is 8.00. The van der Waals surface area contributed by atoms with Crippen molar-refractivity contribution in [3.05, 3.63) is 78.6 Å². The van der Waals surface area contributed by atoms with E-state index < -0.39 is 11.1 Å². The average molecular weight is 479 g/mol. The lowest BCUT2D eigenvalue weighted by Crippen LogP contribution is -2.23. The second kappa shape index (κ2) is 10.4. The van der Waals surface area contributed by atoms with Gasteiger partial charge in [-0.25, -0.2) is 4.39 Å². The molecule has 174 valence electrons. The number of amides is 1. The molecule has 1 unspecified atom stereocenters. The number of para-hydroxylation sites is 1. The second-order valence-corrected chi connectivity index (χ2v) is 8.61. The quantitative estimate of drug-likeness (QED) is 0.350. The number of carbonyl (C=O) groups is 1. The van der Waals surface area contributed by atoms with Crippen molar-refractivity contribution >= 4 is 23.4 Å². The topological polar surface area (TPSA) is 78.3 Å². The number of rotatable bonds is 8. The first kappa shape index (κ1) is 23.3. The lowest BCUT2D eigenvalue weighted by Gasteiger charge is -2.15. The highest BCUT2D eigenvalue weighted by Crippen LogP contribution is 2.35. The molecular weight excluding hydrogens is 455 g/mol. The standard InChI is InChI=1S/C25H23FN4O3S/c1-16(24(31)27-18-8-6-7-17(26)15-18)34-25-29-28-23(21-9-4-5-10-22(21)33-3)30(25)19-11-13-20(32-2)14-12-19/h4-16H,1-3H3,(H,27,31). The van der Waals surface area contributed by atoms with Crippen molar-refractivity contribution in [3.8, 4) is 28.6 Å². The minimum atomic E-state index is -0.532. The molecule has 0 aliphatic heterocycles. The summed E-state index contributed by atoms with van der Waals surface area (Å²) in [6, 6.07) is 20.8. The summed E-state index contributed by atoms with van der Waals surface area (Å²) < 4.78 is 26.2. The van der Waals surface area contributed by atoms with Crippen molar-refractivity contribution in [1.82, 2.24) is 14.8 Å². The van der Waals surface area contributed by atoms with Crippen LogP contribution in [0.3, 0.4) is 0 Å². The van der Waals surface area contributed by atoms with E-state index in [1.54, 1.807) is 33.3 Å². The summed E-state index contributed by atoms with van der Waals surface area (Å²) in [5.74, 6) is 1.24. The molecule has 0 saturated carbocycles. The maximum atomic E-state index is 13.5. The molecule has 4 aromatic rings. The predicted octanol–water partition coefficient (Wildman–Crippen LogP) is 5.21. The van der Waals surface area contributed by atoms with E-state index in [0.29, 0.717) is 28.2 Å². The molecule has 3 aromatic carbocycles. The van der Waals surface area contributed by atoms with Gasteiger partial charge in [-0.05, 0) is 61.5 Å². The van der Waals surface area contributed by atoms with E-state index in [2.05, 4.69) is 15.5 Å². The number of ether oxygens (including phenoxy) is 2. The van der Waals surface area contributed by atoms with Gasteiger partial charge >= 0.3 is 0 Å². The Bertz CT molecular complexity index is 1290. The number of nitrogens with zero attached hydrogens (tertiary/aromatic N) is 3. The molecule has 34 heavy (non-hydrogen) atoms. The molecule has 1 atom stereocenters. The monoisotopic (exact) mass is 478 g/mol. The van der Waals surface area contributed by atoms with E-state index in [-0.39, 0.29) is 5.91 Å². The number of thioether (sulfide) groups is 1. The zero-order valence-electron chi connectivity index (χ0n) is 18.9. The number of benzene rings is 3. The highest BCUT2D eigenvalue weighted by atomic mass is 32.2. The highest BCUT2D eigenvalue weighted by Gasteiger charge is 2.23. The van der Waals surface area contributed by atoms with Gasteiger partial charge in [-0.2, -0.15) is 0 Å². The molecule has 0 bridgehead atoms. The Kier molecular flexibility index (Phi) is 7.12. The lowest BCUT2D eigenvalue weighted by atomic mass is 10.2. The molecule has 7 nitrogen and oxygen atoms in total. The fourth-order valence-corrected chi connectivity index (χ4v) is 4.20. The number of hydrogen-bond donors (Lipinski definition) is 1. The van der Waals surface area contributed by atoms with Crippen LogP contribution in [0.15, 0.2) is 78.0 Å². The summed E-state index contributed by atoms with van der Waals surface area (Å²) in [5.41, 5.74) is 1.95. The van der Waals surface area contributed by atoms with Gasteiger partial charge in [0.25, 0.3) is 0 Å². The number of carbonyl (C=O) groups excluding carboxylic acids is 1. The van der Waals surface area contributed by atoms with E-state index in [1.807, 2.05) is 53.1 Å². The number of nitrogens with one attached hydrogen (secondary N) is 1. The van der Waals surface area contributed by atoms with Gasteiger partial charge in [0.1, 0.15) is 17.3 Å². The minimum Gasteiger partial charge on any atom is -0.497 e. The smallest absolute Gasteiger partial charge is 0.237 e. The van der Waals surface area contributed by atoms with Crippen LogP contribution in [-0.2, 0) is 4.79 Å². The van der Waals surface area contributed by atoms with Crippen molar-refractivity contribution in [2.24, 2.45) is 0 Å². The number of methoxy groups -OCH3 is 2. The van der Waals surface area contributed by atoms with Gasteiger partial charge in [0.15, 0.2) is 11.0 Å². The Labute approximate surface area is 200 Å². The Balaban J connectivity index is 1.69. The molecule has 4 rings (SSSR count). The van der Waals surface area contributed by atoms with Crippen LogP contribution in [0.1, 0.15) is 6.92 Å². The number of aromatic nitrogens is 3. The Hall–Kier alpha value is -3.85. The zero-order valence-corrected chi connectivity index (χ0v) is 19.7. The van der Waals surface area contributed by atoms with Crippen molar-refractivity contribution in [1.29, 1.82) is 0 Å². The van der Waals surface area contributed by atoms with Crippen molar-refractivity contribution in [2.75, 3.05) is 19.5 Å². The average Bonchev–Trinajstić information content (AvgIpc) is 3.27. The molecule has 1 heterocycles. The van der Waals surface area contributed by atoms with Crippen molar-refractivity contribution < 1.29 is 18.7 Å². The second-order valence-electron chi connectivity index (χ2n) is 7.30. The van der Waals surface area contributed by atoms with E-state index in [4.69, 9.17) is 9.47 Å². The van der Waals surface area contributed by atoms with Gasteiger partial charge < -0.3 is 14.8 Å². The molecule has 0 aliphatic carbocycles. The van der Waals surface area contributed by atoms with Gasteiger partial charge in [0.05, 0.1) is 30.7 Å². The fraction of sp³-hybridized carbons (Fsp3) is 0.160. The van der Waals surface area contributed by atoms with Crippen molar-refractivity contribution in [3.63, 3.8) is 0 Å². The minimum absolute atomic E-state index is 0.279. The lowest BCUT2D eigenvalue weighted by molar-refractivity contribution is -0.115. The van der Waals surface area contributed by atoms with E-state index in [9.17, 15) is 9.18 Å². The SMILES string of the molecule is COc1ccc(-n2c(SC(C)C(=O)Nc3cccc(F)c3)nnc2-c2ccccc2OC)cc1. The Morgan fingerprint density at radius 1 is 1.00 bits per heavy atom. The van der Waals surface area contributed by atoms with Crippen LogP contribution < -0.4 is 14.8 Å². The summed E-state index contributed by atoms with van der Waals surface area (Å²) >= 11 is 1.25. The molecule has 0 saturated heterocycles. The van der Waals surface area contributed by atoms with Crippen LogP contribution in [0.2, 0.25) is 0 Å². The third-order valence-corrected chi connectivity index (χ3v) is 6.10. The summed E-state index contributed by atoms with van der Waals surface area (Å²) in [4.78, 5) is 12.8. The van der Waals surface area contributed by atoms with E-state index >= 15 is 0 Å². The van der Waals surface area contributed by atoms with E-state index in [0.717, 1.165) is 11.3 Å². The Morgan fingerprint density at radius 2 is 1.76 bits per heavy atom. The molecule has 0 aliphatic rings. The maximum Gasteiger partial charge on any atom is 0.237 e. The number of hydrogen-bond acceptors (Lipinski definition) is 6. The van der Waals surface area contributed by atoms with Crippen LogP contribution in [-0.4, -0.2) is 40.1 Å². The van der Waals surface area contributed by atoms with Crippen LogP contribution >= 0.6 is 11.8 Å². The third kappa shape index (κ3) is 5.04.